The number of tetrazole rings is 5. The lowest BCUT2D eigenvalue weighted by atomic mass is 10.4. The molecular weight excluding hydrogens is 1210 g/mol. The molecule has 0 N–H and O–H groups in total. The molecule has 0 spiro atoms. The SMILES string of the molecule is C.CC(C)n1ccnn1.CC(C)n1cncn1.CC(C)n1cnnn1.CC(C)n1nccn1.CC(C)n1ncnn1.Cc1cnn(C(C)C)c1.Cc1cnn(C(C)C)n1.Cc1cnnn1C(C)C.Cc1nnn(C(C)C)n1.Cc1nnn(C(C)C)n1.Cc1nnnn1C(C)C. The smallest absolute Gasteiger partial charge is 0.171 e. The average Bonchev–Trinajstić information content (AvgIpc) is 2.24. The first-order chi connectivity index (χ1) is 44.2. The van der Waals surface area contributed by atoms with Crippen LogP contribution in [0.2, 0.25) is 0 Å². The van der Waals surface area contributed by atoms with Gasteiger partial charge in [-0.1, -0.05) is 17.9 Å². The van der Waals surface area contributed by atoms with E-state index in [1.165, 1.54) is 11.9 Å². The van der Waals surface area contributed by atoms with Crippen LogP contribution in [0.5, 0.6) is 0 Å². The van der Waals surface area contributed by atoms with Gasteiger partial charge in [-0.3, -0.25) is 14.0 Å². The fraction of sp³-hybridized carbons (Fsp3) is 0.690. The molecule has 37 nitrogen and oxygen atoms in total. The van der Waals surface area contributed by atoms with Crippen molar-refractivity contribution in [2.75, 3.05) is 0 Å². The first-order valence-corrected chi connectivity index (χ1v) is 31.3. The van der Waals surface area contributed by atoms with E-state index in [4.69, 9.17) is 0 Å². The summed E-state index contributed by atoms with van der Waals surface area (Å²) in [5.41, 5.74) is 3.32. The molecule has 0 aliphatic heterocycles. The van der Waals surface area contributed by atoms with Gasteiger partial charge in [0.25, 0.3) is 0 Å². The van der Waals surface area contributed by atoms with Crippen molar-refractivity contribution < 1.29 is 0 Å². The zero-order chi connectivity index (χ0) is 71.0. The van der Waals surface area contributed by atoms with Gasteiger partial charge >= 0.3 is 0 Å². The summed E-state index contributed by atoms with van der Waals surface area (Å²) in [6.45, 7) is 56.6. The summed E-state index contributed by atoms with van der Waals surface area (Å²) in [7, 11) is 0. The Kier molecular flexibility index (Phi) is 41.6. The van der Waals surface area contributed by atoms with Crippen molar-refractivity contribution in [3.63, 3.8) is 0 Å². The van der Waals surface area contributed by atoms with Crippen LogP contribution >= 0.6 is 0 Å². The molecule has 0 saturated carbocycles. The molecule has 0 aromatic carbocycles. The molecule has 0 aliphatic rings. The fourth-order valence-electron chi connectivity index (χ4n) is 6.16. The molecular formula is C58H111N37. The summed E-state index contributed by atoms with van der Waals surface area (Å²) in [5.74, 6) is 2.32. The van der Waals surface area contributed by atoms with Crippen LogP contribution in [0.15, 0.2) is 74.9 Å². The molecule has 11 rings (SSSR count). The third-order valence-electron chi connectivity index (χ3n) is 11.3. The number of rotatable bonds is 11. The van der Waals surface area contributed by atoms with Gasteiger partial charge in [0.2, 0.25) is 0 Å². The van der Waals surface area contributed by atoms with Gasteiger partial charge in [0.1, 0.15) is 24.8 Å². The van der Waals surface area contributed by atoms with E-state index in [2.05, 4.69) is 203 Å². The van der Waals surface area contributed by atoms with Crippen LogP contribution in [0.1, 0.15) is 261 Å². The van der Waals surface area contributed by atoms with Crippen LogP contribution in [-0.2, 0) is 0 Å². The largest absolute Gasteiger partial charge is 0.270 e. The van der Waals surface area contributed by atoms with Crippen LogP contribution in [0.3, 0.4) is 0 Å². The van der Waals surface area contributed by atoms with Gasteiger partial charge in [-0.2, -0.15) is 54.6 Å². The second-order valence-electron chi connectivity index (χ2n) is 23.8. The van der Waals surface area contributed by atoms with Gasteiger partial charge in [-0.05, 0) is 236 Å². The number of hydrogen-bond acceptors (Lipinski definition) is 26. The molecule has 0 unspecified atom stereocenters. The standard InChI is InChI=1S/C7H12N2.2C6H11N3.3C5H10N4.3C5H9N3.2C4H8N4.CH4/c1-6(2)9-5-7(3)4-8-9;1-5(2)9-6(3)4-7-8-9;1-5(2)9-7-4-6(3)8-9;1-4(2)9-5(3)6-7-8-9;2*1-4(2)9-7-5(3)6-8-9;1-5(2)8-4-6-3-7-8;1-5(2)8-4-3-6-7-8;1-5(2)8-6-3-4-7-8;1-4(2)8-3-5-6-7-8;1-4(2)8-6-3-5-7-8;/h4-6H,1-3H3;2*4-5H,1-3H3;3*4H,1-3H3;3*3-5H,1-2H3;2*3-4H,1-2H3;1H4. The Balaban J connectivity index is 0.00000102. The van der Waals surface area contributed by atoms with Crippen molar-refractivity contribution in [1.29, 1.82) is 0 Å². The summed E-state index contributed by atoms with van der Waals surface area (Å²) >= 11 is 0. The molecule has 0 saturated heterocycles. The minimum atomic E-state index is 0. The maximum absolute atomic E-state index is 4.13. The molecule has 0 aliphatic carbocycles. The summed E-state index contributed by atoms with van der Waals surface area (Å²) < 4.78 is 10.9. The van der Waals surface area contributed by atoms with E-state index in [0.29, 0.717) is 66.5 Å². The van der Waals surface area contributed by atoms with Gasteiger partial charge in [0.05, 0.1) is 84.8 Å². The van der Waals surface area contributed by atoms with E-state index in [0.717, 1.165) is 28.9 Å². The van der Waals surface area contributed by atoms with Crippen LogP contribution in [-0.4, -0.2) is 186 Å². The highest BCUT2D eigenvalue weighted by atomic mass is 15.6. The third kappa shape index (κ3) is 36.3. The van der Waals surface area contributed by atoms with E-state index in [9.17, 15) is 0 Å². The fourth-order valence-corrected chi connectivity index (χ4v) is 6.16. The maximum atomic E-state index is 4.13. The van der Waals surface area contributed by atoms with Gasteiger partial charge < -0.3 is 0 Å². The Morgan fingerprint density at radius 2 is 0.863 bits per heavy atom. The lowest BCUT2D eigenvalue weighted by molar-refractivity contribution is 0.454. The first-order valence-electron chi connectivity index (χ1n) is 31.3. The van der Waals surface area contributed by atoms with Crippen molar-refractivity contribution in [2.45, 2.75) is 268 Å². The van der Waals surface area contributed by atoms with Gasteiger partial charge in [0.15, 0.2) is 18.0 Å². The van der Waals surface area contributed by atoms with Gasteiger partial charge in [-0.25, -0.2) is 19.0 Å². The van der Waals surface area contributed by atoms with E-state index in [1.54, 1.807) is 92.7 Å². The summed E-state index contributed by atoms with van der Waals surface area (Å²) in [5, 5.41) is 94.8. The average molecular weight is 1330 g/mol. The zero-order valence-corrected chi connectivity index (χ0v) is 60.8. The Morgan fingerprint density at radius 1 is 0.326 bits per heavy atom. The van der Waals surface area contributed by atoms with Crippen molar-refractivity contribution in [3.8, 4) is 0 Å². The highest BCUT2D eigenvalue weighted by Crippen LogP contribution is 2.06. The number of aryl methyl sites for hydroxylation is 6. The van der Waals surface area contributed by atoms with Gasteiger partial charge in [-0.15, -0.1) is 51.0 Å². The van der Waals surface area contributed by atoms with Crippen LogP contribution in [0.4, 0.5) is 0 Å². The highest BCUT2D eigenvalue weighted by molar-refractivity contribution is 4.99. The second-order valence-corrected chi connectivity index (χ2v) is 23.8. The quantitative estimate of drug-likeness (QED) is 0.116. The summed E-state index contributed by atoms with van der Waals surface area (Å²) in [4.78, 5) is 11.9. The van der Waals surface area contributed by atoms with Crippen LogP contribution < -0.4 is 0 Å². The lowest BCUT2D eigenvalue weighted by Gasteiger charge is -2.04. The molecule has 0 amide bonds. The third-order valence-corrected chi connectivity index (χ3v) is 11.3. The van der Waals surface area contributed by atoms with Crippen molar-refractivity contribution in [3.05, 3.63) is 109 Å². The first kappa shape index (κ1) is 85.3. The van der Waals surface area contributed by atoms with E-state index in [1.807, 2.05) is 153 Å². The number of hydrogen-bond donors (Lipinski definition) is 0. The molecule has 0 fully saturated rings. The van der Waals surface area contributed by atoms with E-state index < -0.39 is 0 Å². The molecule has 95 heavy (non-hydrogen) atoms. The Hall–Kier alpha value is -9.74. The molecule has 0 radical (unpaired) electrons. The van der Waals surface area contributed by atoms with E-state index in [-0.39, 0.29) is 7.43 Å². The number of nitrogens with zero attached hydrogens (tertiary/aromatic N) is 37. The normalized spacial score (nSPS) is 10.4. The predicted molar refractivity (Wildman–Crippen MR) is 361 cm³/mol. The topological polar surface area (TPSA) is 389 Å². The Bertz CT molecular complexity index is 2990. The monoisotopic (exact) mass is 1330 g/mol. The minimum Gasteiger partial charge on any atom is -0.270 e. The Morgan fingerprint density at radius 3 is 1.07 bits per heavy atom. The summed E-state index contributed by atoms with van der Waals surface area (Å²) in [6.07, 6.45) is 20.6. The van der Waals surface area contributed by atoms with Gasteiger partial charge in [0, 0.05) is 42.6 Å². The molecule has 37 heteroatoms. The van der Waals surface area contributed by atoms with Crippen molar-refractivity contribution in [1.82, 2.24) is 186 Å². The molecule has 0 bridgehead atoms. The summed E-state index contributed by atoms with van der Waals surface area (Å²) in [6, 6.07) is 4.18. The van der Waals surface area contributed by atoms with E-state index >= 15 is 0 Å². The van der Waals surface area contributed by atoms with Crippen molar-refractivity contribution in [2.24, 2.45) is 0 Å². The maximum Gasteiger partial charge on any atom is 0.171 e. The molecule has 0 atom stereocenters. The zero-order valence-electron chi connectivity index (χ0n) is 60.8. The molecule has 11 aromatic rings. The molecule has 11 aromatic heterocycles. The minimum absolute atomic E-state index is 0. The lowest BCUT2D eigenvalue weighted by Crippen LogP contribution is -2.04. The molecule has 11 heterocycles. The highest BCUT2D eigenvalue weighted by Gasteiger charge is 2.05. The number of aromatic nitrogens is 37. The molecule has 528 valence electrons. The second kappa shape index (κ2) is 46.3. The van der Waals surface area contributed by atoms with Crippen LogP contribution in [0.25, 0.3) is 0 Å². The van der Waals surface area contributed by atoms with Crippen molar-refractivity contribution >= 4 is 0 Å². The van der Waals surface area contributed by atoms with Crippen LogP contribution in [0, 0.1) is 41.5 Å². The predicted octanol–water partition coefficient (Wildman–Crippen LogP) is 9.52. The Labute approximate surface area is 560 Å².